The number of nitrogens with zero attached hydrogens (tertiary/aromatic N) is 2. The van der Waals surface area contributed by atoms with Gasteiger partial charge in [-0.25, -0.2) is 9.79 Å². The Hall–Kier alpha value is -2.86. The van der Waals surface area contributed by atoms with E-state index in [1.54, 1.807) is 0 Å². The van der Waals surface area contributed by atoms with Crippen LogP contribution in [0.25, 0.3) is 11.1 Å². The van der Waals surface area contributed by atoms with Gasteiger partial charge in [0.2, 0.25) is 5.84 Å². The smallest absolute Gasteiger partial charge is 0.371 e. The van der Waals surface area contributed by atoms with Crippen LogP contribution < -0.4 is 10.6 Å². The van der Waals surface area contributed by atoms with Crippen molar-refractivity contribution in [3.63, 3.8) is 0 Å². The third kappa shape index (κ3) is 3.80. The molecule has 2 unspecified atom stereocenters. The molecule has 4 N–H and O–H groups in total. The molecule has 6 nitrogen and oxygen atoms in total. The number of amidine groups is 1. The van der Waals surface area contributed by atoms with Crippen molar-refractivity contribution >= 4 is 17.5 Å². The van der Waals surface area contributed by atoms with Gasteiger partial charge in [0.25, 0.3) is 0 Å². The van der Waals surface area contributed by atoms with Crippen molar-refractivity contribution in [3.8, 4) is 11.1 Å². The second-order valence-corrected chi connectivity index (χ2v) is 6.05. The molecule has 1 saturated heterocycles. The molecule has 25 heavy (non-hydrogen) atoms. The standard InChI is InChI=1S/C19H21N3O3/c20-18(19(24)25)21-17-12-14(23)10-11-22(17)16-9-5-4-8-15(16)13-6-2-1-3-7-13/h1-9,14,17,23H,10-12H2,(H2,20,21)(H,24,25). The highest BCUT2D eigenvalue weighted by Crippen LogP contribution is 2.34. The summed E-state index contributed by atoms with van der Waals surface area (Å²) >= 11 is 0. The SMILES string of the molecule is N/C(=N\C1CC(O)CCN1c1ccccc1-c1ccccc1)C(=O)O. The van der Waals surface area contributed by atoms with Gasteiger partial charge in [-0.15, -0.1) is 0 Å². The highest BCUT2D eigenvalue weighted by Gasteiger charge is 2.29. The summed E-state index contributed by atoms with van der Waals surface area (Å²) in [6.07, 6.45) is -0.0839. The van der Waals surface area contributed by atoms with Gasteiger partial charge < -0.3 is 20.8 Å². The summed E-state index contributed by atoms with van der Waals surface area (Å²) < 4.78 is 0. The Morgan fingerprint density at radius 3 is 2.52 bits per heavy atom. The van der Waals surface area contributed by atoms with Gasteiger partial charge in [-0.05, 0) is 18.1 Å². The van der Waals surface area contributed by atoms with Crippen LogP contribution >= 0.6 is 0 Å². The normalized spacial score (nSPS) is 21.2. The van der Waals surface area contributed by atoms with Crippen LogP contribution in [-0.2, 0) is 4.79 Å². The zero-order chi connectivity index (χ0) is 17.8. The molecule has 0 spiro atoms. The van der Waals surface area contributed by atoms with Gasteiger partial charge in [0.15, 0.2) is 0 Å². The number of hydrogen-bond donors (Lipinski definition) is 3. The molecular weight excluding hydrogens is 318 g/mol. The Morgan fingerprint density at radius 1 is 1.12 bits per heavy atom. The zero-order valence-electron chi connectivity index (χ0n) is 13.7. The molecule has 3 rings (SSSR count). The van der Waals surface area contributed by atoms with Crippen molar-refractivity contribution in [2.45, 2.75) is 25.1 Å². The Labute approximate surface area is 146 Å². The molecule has 0 amide bonds. The van der Waals surface area contributed by atoms with Crippen molar-refractivity contribution in [2.24, 2.45) is 10.7 Å². The number of piperidine rings is 1. The third-order valence-corrected chi connectivity index (χ3v) is 4.35. The summed E-state index contributed by atoms with van der Waals surface area (Å²) in [7, 11) is 0. The average molecular weight is 339 g/mol. The highest BCUT2D eigenvalue weighted by atomic mass is 16.4. The number of rotatable bonds is 3. The number of aliphatic hydroxyl groups is 1. The van der Waals surface area contributed by atoms with Crippen LogP contribution in [0.3, 0.4) is 0 Å². The lowest BCUT2D eigenvalue weighted by Gasteiger charge is -2.38. The molecule has 0 bridgehead atoms. The van der Waals surface area contributed by atoms with E-state index in [0.717, 1.165) is 16.8 Å². The van der Waals surface area contributed by atoms with Crippen LogP contribution in [0.5, 0.6) is 0 Å². The van der Waals surface area contributed by atoms with Gasteiger partial charge in [-0.3, -0.25) is 0 Å². The van der Waals surface area contributed by atoms with Gasteiger partial charge in [-0.1, -0.05) is 48.5 Å². The lowest BCUT2D eigenvalue weighted by molar-refractivity contribution is -0.129. The molecule has 1 fully saturated rings. The number of carboxylic acids is 1. The number of anilines is 1. The Morgan fingerprint density at radius 2 is 1.80 bits per heavy atom. The number of aliphatic imine (C=N–C) groups is 1. The Bertz CT molecular complexity index is 776. The maximum absolute atomic E-state index is 11.0. The molecule has 6 heteroatoms. The highest BCUT2D eigenvalue weighted by molar-refractivity contribution is 6.33. The number of aliphatic hydroxyl groups excluding tert-OH is 1. The quantitative estimate of drug-likeness (QED) is 0.587. The van der Waals surface area contributed by atoms with Crippen molar-refractivity contribution in [1.29, 1.82) is 0 Å². The van der Waals surface area contributed by atoms with E-state index >= 15 is 0 Å². The first-order valence-corrected chi connectivity index (χ1v) is 8.22. The predicted molar refractivity (Wildman–Crippen MR) is 97.5 cm³/mol. The molecular formula is C19H21N3O3. The van der Waals surface area contributed by atoms with Crippen molar-refractivity contribution in [1.82, 2.24) is 0 Å². The van der Waals surface area contributed by atoms with E-state index in [2.05, 4.69) is 4.99 Å². The van der Waals surface area contributed by atoms with Crippen molar-refractivity contribution in [2.75, 3.05) is 11.4 Å². The minimum absolute atomic E-state index is 0.344. The number of benzene rings is 2. The van der Waals surface area contributed by atoms with E-state index < -0.39 is 24.1 Å². The predicted octanol–water partition coefficient (Wildman–Crippen LogP) is 2.08. The second-order valence-electron chi connectivity index (χ2n) is 6.05. The molecule has 130 valence electrons. The van der Waals surface area contributed by atoms with Crippen molar-refractivity contribution < 1.29 is 15.0 Å². The summed E-state index contributed by atoms with van der Waals surface area (Å²) in [5.74, 6) is -1.70. The van der Waals surface area contributed by atoms with Crippen LogP contribution in [-0.4, -0.2) is 40.8 Å². The first-order valence-electron chi connectivity index (χ1n) is 8.22. The number of nitrogens with two attached hydrogens (primary N) is 1. The van der Waals surface area contributed by atoms with Gasteiger partial charge in [0.1, 0.15) is 6.17 Å². The molecule has 2 aromatic rings. The molecule has 0 saturated carbocycles. The fourth-order valence-corrected chi connectivity index (χ4v) is 3.13. The lowest BCUT2D eigenvalue weighted by Crippen LogP contribution is -2.45. The molecule has 2 aromatic carbocycles. The minimum Gasteiger partial charge on any atom is -0.475 e. The molecule has 1 aliphatic heterocycles. The van der Waals surface area contributed by atoms with E-state index in [1.165, 1.54) is 0 Å². The van der Waals surface area contributed by atoms with Gasteiger partial charge >= 0.3 is 5.97 Å². The monoisotopic (exact) mass is 339 g/mol. The van der Waals surface area contributed by atoms with Gasteiger partial charge in [0.05, 0.1) is 6.10 Å². The first-order chi connectivity index (χ1) is 12.1. The minimum atomic E-state index is -1.25. The number of aliphatic carboxylic acids is 1. The van der Waals surface area contributed by atoms with Gasteiger partial charge in [-0.2, -0.15) is 0 Å². The average Bonchev–Trinajstić information content (AvgIpc) is 2.62. The fraction of sp³-hybridized carbons (Fsp3) is 0.263. The molecule has 2 atom stereocenters. The summed E-state index contributed by atoms with van der Waals surface area (Å²) in [6, 6.07) is 17.9. The lowest BCUT2D eigenvalue weighted by atomic mass is 9.99. The second kappa shape index (κ2) is 7.36. The summed E-state index contributed by atoms with van der Waals surface area (Å²) in [4.78, 5) is 17.2. The number of para-hydroxylation sites is 1. The number of carboxylic acid groups (broad SMARTS) is 1. The largest absolute Gasteiger partial charge is 0.475 e. The van der Waals surface area contributed by atoms with E-state index in [-0.39, 0.29) is 0 Å². The third-order valence-electron chi connectivity index (χ3n) is 4.35. The van der Waals surface area contributed by atoms with Crippen LogP contribution in [0.2, 0.25) is 0 Å². The summed E-state index contributed by atoms with van der Waals surface area (Å²) in [5.41, 5.74) is 8.58. The van der Waals surface area contributed by atoms with Crippen LogP contribution in [0.15, 0.2) is 59.6 Å². The molecule has 0 radical (unpaired) electrons. The van der Waals surface area contributed by atoms with E-state index in [1.807, 2.05) is 59.5 Å². The Balaban J connectivity index is 2.02. The van der Waals surface area contributed by atoms with E-state index in [4.69, 9.17) is 10.8 Å². The summed E-state index contributed by atoms with van der Waals surface area (Å²) in [6.45, 7) is 0.575. The Kier molecular flexibility index (Phi) is 5.00. The van der Waals surface area contributed by atoms with Gasteiger partial charge in [0, 0.05) is 24.2 Å². The van der Waals surface area contributed by atoms with Crippen molar-refractivity contribution in [3.05, 3.63) is 54.6 Å². The maximum Gasteiger partial charge on any atom is 0.371 e. The maximum atomic E-state index is 11.0. The molecule has 0 aromatic heterocycles. The van der Waals surface area contributed by atoms with E-state index in [9.17, 15) is 9.90 Å². The van der Waals surface area contributed by atoms with Crippen LogP contribution in [0, 0.1) is 0 Å². The zero-order valence-corrected chi connectivity index (χ0v) is 13.7. The summed E-state index contributed by atoms with van der Waals surface area (Å²) in [5, 5.41) is 19.0. The van der Waals surface area contributed by atoms with Crippen LogP contribution in [0.1, 0.15) is 12.8 Å². The van der Waals surface area contributed by atoms with E-state index in [0.29, 0.717) is 19.4 Å². The number of hydrogen-bond acceptors (Lipinski definition) is 4. The molecule has 1 aliphatic rings. The molecule has 1 heterocycles. The molecule has 0 aliphatic carbocycles. The fourth-order valence-electron chi connectivity index (χ4n) is 3.13. The number of carbonyl (C=O) groups is 1. The first kappa shape index (κ1) is 17.0. The topological polar surface area (TPSA) is 99.2 Å². The van der Waals surface area contributed by atoms with Crippen LogP contribution in [0.4, 0.5) is 5.69 Å².